The number of ether oxygens (including phenoxy) is 1. The van der Waals surface area contributed by atoms with Gasteiger partial charge in [0.25, 0.3) is 5.91 Å². The van der Waals surface area contributed by atoms with Crippen LogP contribution in [0.15, 0.2) is 30.6 Å². The van der Waals surface area contributed by atoms with Crippen LogP contribution in [0.25, 0.3) is 11.2 Å². The number of aromatic nitrogens is 3. The van der Waals surface area contributed by atoms with Crippen molar-refractivity contribution in [2.24, 2.45) is 0 Å². The molecule has 4 rings (SSSR count). The molecule has 1 aliphatic carbocycles. The Hall–Kier alpha value is -4.02. The molecule has 1 aliphatic rings. The van der Waals surface area contributed by atoms with E-state index in [9.17, 15) is 14.0 Å². The minimum absolute atomic E-state index is 0.0447. The minimum Gasteiger partial charge on any atom is -0.444 e. The number of nitrogens with one attached hydrogen (secondary N) is 5. The lowest BCUT2D eigenvalue weighted by Crippen LogP contribution is -2.62. The number of H-pyrrole nitrogens is 1. The third-order valence-electron chi connectivity index (χ3n) is 5.93. The molecule has 38 heavy (non-hydrogen) atoms. The van der Waals surface area contributed by atoms with Crippen molar-refractivity contribution < 1.29 is 18.7 Å². The van der Waals surface area contributed by atoms with Gasteiger partial charge in [-0.05, 0) is 58.7 Å². The SMILES string of the molecule is CC.CNc1cc(F)ccc1C(=N)c1cnc2[nH]cc(C(=O)NC3(C)CC(NC(=O)OC(C)(C)C)C3)c2n1. The Kier molecular flexibility index (Phi) is 8.38. The number of amides is 2. The lowest BCUT2D eigenvalue weighted by atomic mass is 9.74. The number of alkyl carbamates (subject to hydrolysis) is 1. The van der Waals surface area contributed by atoms with E-state index >= 15 is 0 Å². The lowest BCUT2D eigenvalue weighted by Gasteiger charge is -2.45. The van der Waals surface area contributed by atoms with Gasteiger partial charge >= 0.3 is 6.09 Å². The van der Waals surface area contributed by atoms with E-state index in [-0.39, 0.29) is 23.4 Å². The molecule has 3 aromatic rings. The molecule has 5 N–H and O–H groups in total. The van der Waals surface area contributed by atoms with Gasteiger partial charge in [0, 0.05) is 36.1 Å². The molecule has 0 aliphatic heterocycles. The Morgan fingerprint density at radius 2 is 1.89 bits per heavy atom. The number of aromatic amines is 1. The van der Waals surface area contributed by atoms with Gasteiger partial charge in [0.15, 0.2) is 5.65 Å². The smallest absolute Gasteiger partial charge is 0.407 e. The molecule has 10 nitrogen and oxygen atoms in total. The van der Waals surface area contributed by atoms with Gasteiger partial charge in [0.05, 0.1) is 17.5 Å². The molecule has 0 unspecified atom stereocenters. The molecule has 0 spiro atoms. The zero-order valence-corrected chi connectivity index (χ0v) is 22.9. The van der Waals surface area contributed by atoms with Gasteiger partial charge < -0.3 is 25.7 Å². The fourth-order valence-electron chi connectivity index (χ4n) is 4.31. The fourth-order valence-corrected chi connectivity index (χ4v) is 4.31. The standard InChI is InChI=1S/C25H30FN7O3.C2H6/c1-24(2,3)36-23(35)31-14-9-25(4,10-14)33-22(34)16-11-29-21-20(16)32-18(12-30-21)19(27)15-7-6-13(26)8-17(15)28-5;1-2/h6-8,11-12,14,27-28H,9-10H2,1-5H3,(H,29,30)(H,31,35)(H,33,34);1-2H3. The molecule has 2 aromatic heterocycles. The van der Waals surface area contributed by atoms with Crippen molar-refractivity contribution >= 4 is 34.6 Å². The van der Waals surface area contributed by atoms with Crippen LogP contribution in [0.1, 0.15) is 76.0 Å². The Labute approximate surface area is 221 Å². The van der Waals surface area contributed by atoms with E-state index < -0.39 is 23.1 Å². The van der Waals surface area contributed by atoms with Crippen LogP contribution in [0.2, 0.25) is 0 Å². The average molecular weight is 526 g/mol. The van der Waals surface area contributed by atoms with Crippen molar-refractivity contribution in [3.63, 3.8) is 0 Å². The molecule has 1 aromatic carbocycles. The quantitative estimate of drug-likeness (QED) is 0.294. The monoisotopic (exact) mass is 525 g/mol. The van der Waals surface area contributed by atoms with Gasteiger partial charge in [-0.25, -0.2) is 19.2 Å². The first-order chi connectivity index (χ1) is 17.9. The molecule has 1 fully saturated rings. The highest BCUT2D eigenvalue weighted by Gasteiger charge is 2.43. The lowest BCUT2D eigenvalue weighted by molar-refractivity contribution is 0.0418. The number of carbonyl (C=O) groups excluding carboxylic acids is 2. The Morgan fingerprint density at radius 3 is 2.53 bits per heavy atom. The summed E-state index contributed by atoms with van der Waals surface area (Å²) in [5, 5.41) is 17.3. The van der Waals surface area contributed by atoms with E-state index in [4.69, 9.17) is 10.1 Å². The number of rotatable bonds is 6. The van der Waals surface area contributed by atoms with Crippen molar-refractivity contribution in [3.8, 4) is 0 Å². The number of hydrogen-bond acceptors (Lipinski definition) is 7. The molecule has 2 heterocycles. The van der Waals surface area contributed by atoms with E-state index in [2.05, 4.69) is 30.9 Å². The fraction of sp³-hybridized carbons (Fsp3) is 0.444. The summed E-state index contributed by atoms with van der Waals surface area (Å²) in [6, 6.07) is 3.97. The Bertz CT molecular complexity index is 1340. The zero-order valence-electron chi connectivity index (χ0n) is 22.9. The summed E-state index contributed by atoms with van der Waals surface area (Å²) < 4.78 is 18.9. The van der Waals surface area contributed by atoms with Crippen molar-refractivity contribution in [3.05, 3.63) is 53.2 Å². The van der Waals surface area contributed by atoms with E-state index in [1.54, 1.807) is 27.8 Å². The first-order valence-electron chi connectivity index (χ1n) is 12.6. The number of anilines is 1. The maximum absolute atomic E-state index is 13.6. The van der Waals surface area contributed by atoms with Crippen LogP contribution >= 0.6 is 0 Å². The van der Waals surface area contributed by atoms with Gasteiger partial charge in [-0.1, -0.05) is 13.8 Å². The van der Waals surface area contributed by atoms with Crippen LogP contribution in [-0.4, -0.2) is 56.9 Å². The Balaban J connectivity index is 0.00000195. The van der Waals surface area contributed by atoms with Crippen molar-refractivity contribution in [2.45, 2.75) is 71.6 Å². The van der Waals surface area contributed by atoms with Crippen LogP contribution in [0.5, 0.6) is 0 Å². The number of benzene rings is 1. The van der Waals surface area contributed by atoms with Gasteiger partial charge in [-0.15, -0.1) is 0 Å². The number of carbonyl (C=O) groups is 2. The van der Waals surface area contributed by atoms with Gasteiger partial charge in [0.1, 0.15) is 22.6 Å². The number of halogens is 1. The molecule has 2 amide bonds. The highest BCUT2D eigenvalue weighted by Crippen LogP contribution is 2.33. The first-order valence-corrected chi connectivity index (χ1v) is 12.6. The van der Waals surface area contributed by atoms with Crippen LogP contribution in [0.4, 0.5) is 14.9 Å². The second-order valence-corrected chi connectivity index (χ2v) is 10.2. The van der Waals surface area contributed by atoms with Crippen LogP contribution < -0.4 is 16.0 Å². The molecule has 0 saturated heterocycles. The topological polar surface area (TPSA) is 145 Å². The molecule has 0 radical (unpaired) electrons. The molecular weight excluding hydrogens is 489 g/mol. The van der Waals surface area contributed by atoms with Gasteiger partial charge in [0.2, 0.25) is 0 Å². The minimum atomic E-state index is -0.581. The maximum Gasteiger partial charge on any atom is 0.407 e. The highest BCUT2D eigenvalue weighted by atomic mass is 19.1. The second-order valence-electron chi connectivity index (χ2n) is 10.2. The summed E-state index contributed by atoms with van der Waals surface area (Å²) in [4.78, 5) is 36.9. The van der Waals surface area contributed by atoms with Crippen LogP contribution in [0, 0.1) is 11.2 Å². The third-order valence-corrected chi connectivity index (χ3v) is 5.93. The van der Waals surface area contributed by atoms with E-state index in [0.29, 0.717) is 40.8 Å². The molecule has 204 valence electrons. The highest BCUT2D eigenvalue weighted by molar-refractivity contribution is 6.14. The van der Waals surface area contributed by atoms with Crippen molar-refractivity contribution in [2.75, 3.05) is 12.4 Å². The second kappa shape index (κ2) is 11.2. The summed E-state index contributed by atoms with van der Waals surface area (Å²) >= 11 is 0. The van der Waals surface area contributed by atoms with E-state index in [1.807, 2.05) is 20.8 Å². The van der Waals surface area contributed by atoms with Crippen molar-refractivity contribution in [1.82, 2.24) is 25.6 Å². The van der Waals surface area contributed by atoms with E-state index in [1.165, 1.54) is 30.6 Å². The van der Waals surface area contributed by atoms with Gasteiger partial charge in [-0.2, -0.15) is 0 Å². The predicted octanol–water partition coefficient (Wildman–Crippen LogP) is 4.76. The zero-order chi connectivity index (χ0) is 28.3. The van der Waals surface area contributed by atoms with Gasteiger partial charge in [-0.3, -0.25) is 10.2 Å². The summed E-state index contributed by atoms with van der Waals surface area (Å²) in [5.74, 6) is -0.759. The average Bonchev–Trinajstić information content (AvgIpc) is 3.26. The molecule has 11 heteroatoms. The first kappa shape index (κ1) is 28.5. The third kappa shape index (κ3) is 6.45. The number of nitrogens with zero attached hydrogens (tertiary/aromatic N) is 2. The molecular formula is C27H36FN7O3. The summed E-state index contributed by atoms with van der Waals surface area (Å²) in [6.45, 7) is 11.3. The van der Waals surface area contributed by atoms with Crippen LogP contribution in [-0.2, 0) is 4.74 Å². The molecule has 0 bridgehead atoms. The maximum atomic E-state index is 13.6. The largest absolute Gasteiger partial charge is 0.444 e. The summed E-state index contributed by atoms with van der Waals surface area (Å²) in [7, 11) is 1.64. The molecule has 0 atom stereocenters. The summed E-state index contributed by atoms with van der Waals surface area (Å²) in [5.41, 5.74) is 1.14. The number of hydrogen-bond donors (Lipinski definition) is 5. The predicted molar refractivity (Wildman–Crippen MR) is 145 cm³/mol. The number of fused-ring (bicyclic) bond motifs is 1. The van der Waals surface area contributed by atoms with E-state index in [0.717, 1.165) is 0 Å². The normalized spacial score (nSPS) is 18.5. The Morgan fingerprint density at radius 1 is 1.21 bits per heavy atom. The van der Waals surface area contributed by atoms with Crippen molar-refractivity contribution in [1.29, 1.82) is 5.41 Å². The molecule has 1 saturated carbocycles. The van der Waals surface area contributed by atoms with Crippen LogP contribution in [0.3, 0.4) is 0 Å². The summed E-state index contributed by atoms with van der Waals surface area (Å²) in [6.07, 6.45) is 3.60.